The van der Waals surface area contributed by atoms with E-state index < -0.39 is 46.4 Å². The third-order valence-corrected chi connectivity index (χ3v) is 5.03. The van der Waals surface area contributed by atoms with Gasteiger partial charge in [-0.2, -0.15) is 8.42 Å². The van der Waals surface area contributed by atoms with Crippen molar-refractivity contribution in [2.24, 2.45) is 5.92 Å². The second-order valence-electron chi connectivity index (χ2n) is 6.88. The molecule has 0 aliphatic heterocycles. The van der Waals surface area contributed by atoms with Gasteiger partial charge in [0.05, 0.1) is 18.6 Å². The molecule has 0 heterocycles. The Morgan fingerprint density at radius 1 is 0.903 bits per heavy atom. The van der Waals surface area contributed by atoms with Gasteiger partial charge in [-0.1, -0.05) is 42.5 Å². The van der Waals surface area contributed by atoms with Crippen LogP contribution in [0.15, 0.2) is 54.6 Å². The molecule has 0 saturated heterocycles. The standard InChI is InChI=1S/C21H24O9S/c22-19(10-11-31(26,27)28)30-18-8-6-15(7-9-18)12-17(21(24)25)13-20(23)29-14-16-4-2-1-3-5-16/h1-9,17,21,24-25H,10-14H2,(H,26,27,28). The first-order valence-electron chi connectivity index (χ1n) is 9.43. The minimum Gasteiger partial charge on any atom is -0.461 e. The lowest BCUT2D eigenvalue weighted by atomic mass is 9.95. The molecule has 0 fully saturated rings. The van der Waals surface area contributed by atoms with Gasteiger partial charge in [0.25, 0.3) is 10.1 Å². The highest BCUT2D eigenvalue weighted by Gasteiger charge is 2.22. The number of carbonyl (C=O) groups excluding carboxylic acids is 2. The maximum absolute atomic E-state index is 12.1. The normalized spacial score (nSPS) is 12.4. The first-order valence-corrected chi connectivity index (χ1v) is 11.0. The molecule has 2 aromatic rings. The zero-order chi connectivity index (χ0) is 22.9. The van der Waals surface area contributed by atoms with E-state index in [1.54, 1.807) is 12.1 Å². The summed E-state index contributed by atoms with van der Waals surface area (Å²) in [4.78, 5) is 23.6. The zero-order valence-electron chi connectivity index (χ0n) is 16.6. The molecule has 10 heteroatoms. The Bertz CT molecular complexity index is 954. The van der Waals surface area contributed by atoms with Crippen LogP contribution in [0.5, 0.6) is 5.75 Å². The molecule has 2 rings (SSSR count). The molecule has 3 N–H and O–H groups in total. The fraction of sp³-hybridized carbons (Fsp3) is 0.333. The van der Waals surface area contributed by atoms with Gasteiger partial charge in [0.1, 0.15) is 12.4 Å². The summed E-state index contributed by atoms with van der Waals surface area (Å²) in [5.41, 5.74) is 1.48. The molecular weight excluding hydrogens is 428 g/mol. The van der Waals surface area contributed by atoms with Gasteiger partial charge in [-0.05, 0) is 29.7 Å². The summed E-state index contributed by atoms with van der Waals surface area (Å²) in [5.74, 6) is -2.76. The predicted molar refractivity (Wildman–Crippen MR) is 109 cm³/mol. The van der Waals surface area contributed by atoms with Crippen molar-refractivity contribution in [3.05, 3.63) is 65.7 Å². The summed E-state index contributed by atoms with van der Waals surface area (Å²) in [5, 5.41) is 19.2. The van der Waals surface area contributed by atoms with Crippen LogP contribution in [0.4, 0.5) is 0 Å². The Morgan fingerprint density at radius 3 is 2.13 bits per heavy atom. The summed E-state index contributed by atoms with van der Waals surface area (Å²) in [6.45, 7) is 0.0889. The first kappa shape index (κ1) is 24.5. The highest BCUT2D eigenvalue weighted by molar-refractivity contribution is 7.85. The fourth-order valence-corrected chi connectivity index (χ4v) is 3.11. The highest BCUT2D eigenvalue weighted by Crippen LogP contribution is 2.20. The van der Waals surface area contributed by atoms with Gasteiger partial charge < -0.3 is 19.7 Å². The molecule has 0 saturated carbocycles. The summed E-state index contributed by atoms with van der Waals surface area (Å²) < 4.78 is 40.1. The Balaban J connectivity index is 1.86. The molecular formula is C21H24O9S. The van der Waals surface area contributed by atoms with E-state index in [0.29, 0.717) is 5.56 Å². The Morgan fingerprint density at radius 2 is 1.55 bits per heavy atom. The lowest BCUT2D eigenvalue weighted by molar-refractivity contribution is -0.151. The van der Waals surface area contributed by atoms with E-state index >= 15 is 0 Å². The van der Waals surface area contributed by atoms with Crippen molar-refractivity contribution in [3.8, 4) is 5.75 Å². The van der Waals surface area contributed by atoms with Crippen LogP contribution in [0, 0.1) is 5.92 Å². The molecule has 0 aliphatic carbocycles. The van der Waals surface area contributed by atoms with Gasteiger partial charge in [-0.25, -0.2) is 0 Å². The molecule has 168 valence electrons. The van der Waals surface area contributed by atoms with Gasteiger partial charge >= 0.3 is 11.9 Å². The van der Waals surface area contributed by atoms with Crippen molar-refractivity contribution < 1.29 is 42.2 Å². The van der Waals surface area contributed by atoms with E-state index in [-0.39, 0.29) is 25.2 Å². The van der Waals surface area contributed by atoms with Crippen molar-refractivity contribution in [1.29, 1.82) is 0 Å². The van der Waals surface area contributed by atoms with Crippen LogP contribution < -0.4 is 4.74 Å². The van der Waals surface area contributed by atoms with Crippen molar-refractivity contribution >= 4 is 22.1 Å². The second-order valence-corrected chi connectivity index (χ2v) is 8.45. The smallest absolute Gasteiger partial charge is 0.312 e. The number of aliphatic hydroxyl groups is 2. The third kappa shape index (κ3) is 9.71. The van der Waals surface area contributed by atoms with E-state index in [1.165, 1.54) is 12.1 Å². The Labute approximate surface area is 180 Å². The number of aliphatic hydroxyl groups excluding tert-OH is 1. The average molecular weight is 452 g/mol. The highest BCUT2D eigenvalue weighted by atomic mass is 32.2. The molecule has 9 nitrogen and oxygen atoms in total. The quantitative estimate of drug-likeness (QED) is 0.199. The van der Waals surface area contributed by atoms with E-state index in [4.69, 9.17) is 14.0 Å². The molecule has 1 atom stereocenters. The summed E-state index contributed by atoms with van der Waals surface area (Å²) >= 11 is 0. The largest absolute Gasteiger partial charge is 0.461 e. The number of esters is 2. The van der Waals surface area contributed by atoms with Gasteiger partial charge in [0, 0.05) is 5.92 Å². The molecule has 2 aromatic carbocycles. The van der Waals surface area contributed by atoms with Gasteiger partial charge in [0.2, 0.25) is 0 Å². The van der Waals surface area contributed by atoms with Crippen molar-refractivity contribution in [3.63, 3.8) is 0 Å². The van der Waals surface area contributed by atoms with E-state index in [1.807, 2.05) is 30.3 Å². The minimum atomic E-state index is -4.26. The minimum absolute atomic E-state index is 0.0889. The molecule has 0 spiro atoms. The molecule has 1 unspecified atom stereocenters. The molecule has 31 heavy (non-hydrogen) atoms. The number of rotatable bonds is 11. The SMILES string of the molecule is O=C(CC(Cc1ccc(OC(=O)CCS(=O)(=O)O)cc1)C(O)O)OCc1ccccc1. The van der Waals surface area contributed by atoms with E-state index in [0.717, 1.165) is 5.56 Å². The van der Waals surface area contributed by atoms with Crippen LogP contribution in [-0.4, -0.2) is 47.2 Å². The fourth-order valence-electron chi connectivity index (χ4n) is 2.69. The van der Waals surface area contributed by atoms with Crippen LogP contribution >= 0.6 is 0 Å². The van der Waals surface area contributed by atoms with Crippen LogP contribution in [0.25, 0.3) is 0 Å². The third-order valence-electron chi connectivity index (χ3n) is 4.31. The lowest BCUT2D eigenvalue weighted by Crippen LogP contribution is -2.25. The molecule has 0 radical (unpaired) electrons. The Hall–Kier alpha value is -2.79. The number of ether oxygens (including phenoxy) is 2. The predicted octanol–water partition coefficient (Wildman–Crippen LogP) is 1.47. The van der Waals surface area contributed by atoms with Crippen LogP contribution in [0.3, 0.4) is 0 Å². The maximum atomic E-state index is 12.1. The summed E-state index contributed by atoms with van der Waals surface area (Å²) in [6.07, 6.45) is -2.27. The molecule has 0 aliphatic rings. The van der Waals surface area contributed by atoms with Gasteiger partial charge in [-0.15, -0.1) is 0 Å². The number of hydrogen-bond donors (Lipinski definition) is 3. The number of benzene rings is 2. The summed E-state index contributed by atoms with van der Waals surface area (Å²) in [6, 6.07) is 15.2. The number of hydrogen-bond acceptors (Lipinski definition) is 8. The van der Waals surface area contributed by atoms with Crippen LogP contribution in [0.1, 0.15) is 24.0 Å². The topological polar surface area (TPSA) is 147 Å². The molecule has 0 bridgehead atoms. The first-order chi connectivity index (χ1) is 14.6. The maximum Gasteiger partial charge on any atom is 0.312 e. The lowest BCUT2D eigenvalue weighted by Gasteiger charge is -2.18. The van der Waals surface area contributed by atoms with Crippen molar-refractivity contribution in [1.82, 2.24) is 0 Å². The number of carbonyl (C=O) groups is 2. The zero-order valence-corrected chi connectivity index (χ0v) is 17.4. The van der Waals surface area contributed by atoms with Crippen LogP contribution in [0.2, 0.25) is 0 Å². The van der Waals surface area contributed by atoms with E-state index in [9.17, 15) is 28.2 Å². The van der Waals surface area contributed by atoms with Crippen LogP contribution in [-0.2, 0) is 37.5 Å². The molecule has 0 aromatic heterocycles. The molecule has 0 amide bonds. The monoisotopic (exact) mass is 452 g/mol. The van der Waals surface area contributed by atoms with E-state index in [2.05, 4.69) is 0 Å². The summed E-state index contributed by atoms with van der Waals surface area (Å²) in [7, 11) is -4.26. The Kier molecular flexibility index (Phi) is 9.13. The van der Waals surface area contributed by atoms with Crippen molar-refractivity contribution in [2.45, 2.75) is 32.2 Å². The van der Waals surface area contributed by atoms with Crippen molar-refractivity contribution in [2.75, 3.05) is 5.75 Å². The van der Waals surface area contributed by atoms with Gasteiger partial charge in [-0.3, -0.25) is 14.1 Å². The average Bonchev–Trinajstić information content (AvgIpc) is 2.72. The second kappa shape index (κ2) is 11.6. The van der Waals surface area contributed by atoms with Gasteiger partial charge in [0.15, 0.2) is 6.29 Å².